The molecule has 1 aromatic carbocycles. The topological polar surface area (TPSA) is 55.6 Å². The molecule has 0 aliphatic rings. The highest BCUT2D eigenvalue weighted by Gasteiger charge is 2.10. The van der Waals surface area contributed by atoms with Crippen LogP contribution in [0.4, 0.5) is 4.39 Å². The molecule has 0 fully saturated rings. The van der Waals surface area contributed by atoms with Crippen molar-refractivity contribution in [1.82, 2.24) is 4.90 Å². The molecule has 1 rings (SSSR count). The SMILES string of the molecule is CCN(CCC(=O)OC)Cc1cc(CN)ccc1F. The third-order valence-electron chi connectivity index (χ3n) is 3.05. The fourth-order valence-electron chi connectivity index (χ4n) is 1.82. The second-order valence-electron chi connectivity index (χ2n) is 4.32. The number of nitrogens with two attached hydrogens (primary N) is 1. The molecule has 0 aliphatic carbocycles. The molecular formula is C14H21FN2O2. The second kappa shape index (κ2) is 7.86. The van der Waals surface area contributed by atoms with Crippen LogP contribution in [-0.2, 0) is 22.6 Å². The Morgan fingerprint density at radius 3 is 2.79 bits per heavy atom. The van der Waals surface area contributed by atoms with Crippen molar-refractivity contribution in [2.75, 3.05) is 20.2 Å². The smallest absolute Gasteiger partial charge is 0.306 e. The molecule has 2 N–H and O–H groups in total. The monoisotopic (exact) mass is 268 g/mol. The van der Waals surface area contributed by atoms with Crippen molar-refractivity contribution >= 4 is 5.97 Å². The molecule has 0 aromatic heterocycles. The predicted octanol–water partition coefficient (Wildman–Crippen LogP) is 1.67. The van der Waals surface area contributed by atoms with Crippen LogP contribution in [0.3, 0.4) is 0 Å². The summed E-state index contributed by atoms with van der Waals surface area (Å²) in [5, 5.41) is 0. The first kappa shape index (κ1) is 15.6. The van der Waals surface area contributed by atoms with E-state index in [0.717, 1.165) is 12.1 Å². The number of ether oxygens (including phenoxy) is 1. The van der Waals surface area contributed by atoms with Crippen LogP contribution in [0.15, 0.2) is 18.2 Å². The number of esters is 1. The first-order valence-electron chi connectivity index (χ1n) is 6.37. The number of hydrogen-bond acceptors (Lipinski definition) is 4. The van der Waals surface area contributed by atoms with Gasteiger partial charge < -0.3 is 10.5 Å². The zero-order chi connectivity index (χ0) is 14.3. The lowest BCUT2D eigenvalue weighted by Gasteiger charge is -2.20. The maximum Gasteiger partial charge on any atom is 0.306 e. The Kier molecular flexibility index (Phi) is 6.45. The highest BCUT2D eigenvalue weighted by Crippen LogP contribution is 2.13. The van der Waals surface area contributed by atoms with Gasteiger partial charge in [0.05, 0.1) is 13.5 Å². The van der Waals surface area contributed by atoms with E-state index in [2.05, 4.69) is 4.74 Å². The van der Waals surface area contributed by atoms with Crippen molar-refractivity contribution in [2.24, 2.45) is 5.73 Å². The van der Waals surface area contributed by atoms with E-state index in [0.29, 0.717) is 31.6 Å². The number of rotatable bonds is 7. The minimum Gasteiger partial charge on any atom is -0.469 e. The fraction of sp³-hybridized carbons (Fsp3) is 0.500. The third kappa shape index (κ3) is 4.96. The summed E-state index contributed by atoms with van der Waals surface area (Å²) in [7, 11) is 1.36. The molecule has 0 bridgehead atoms. The minimum absolute atomic E-state index is 0.242. The quantitative estimate of drug-likeness (QED) is 0.764. The average molecular weight is 268 g/mol. The molecule has 0 saturated carbocycles. The van der Waals surface area contributed by atoms with Crippen molar-refractivity contribution in [1.29, 1.82) is 0 Å². The largest absolute Gasteiger partial charge is 0.469 e. The maximum absolute atomic E-state index is 13.7. The van der Waals surface area contributed by atoms with Gasteiger partial charge in [0.25, 0.3) is 0 Å². The van der Waals surface area contributed by atoms with Crippen LogP contribution < -0.4 is 5.73 Å². The van der Waals surface area contributed by atoms with Crippen LogP contribution in [0.2, 0.25) is 0 Å². The van der Waals surface area contributed by atoms with Gasteiger partial charge in [-0.2, -0.15) is 0 Å². The number of methoxy groups -OCH3 is 1. The second-order valence-corrected chi connectivity index (χ2v) is 4.32. The number of carbonyl (C=O) groups excluding carboxylic acids is 1. The standard InChI is InChI=1S/C14H21FN2O2/c1-3-17(7-6-14(18)19-2)10-12-8-11(9-16)4-5-13(12)15/h4-5,8H,3,6-7,9-10,16H2,1-2H3. The highest BCUT2D eigenvalue weighted by molar-refractivity contribution is 5.69. The Morgan fingerprint density at radius 1 is 1.47 bits per heavy atom. The third-order valence-corrected chi connectivity index (χ3v) is 3.05. The molecule has 0 radical (unpaired) electrons. The van der Waals surface area contributed by atoms with Crippen molar-refractivity contribution in [3.8, 4) is 0 Å². The van der Waals surface area contributed by atoms with E-state index in [4.69, 9.17) is 5.73 Å². The number of benzene rings is 1. The van der Waals surface area contributed by atoms with Gasteiger partial charge in [0.2, 0.25) is 0 Å². The number of halogens is 1. The molecule has 0 aliphatic heterocycles. The summed E-state index contributed by atoms with van der Waals surface area (Å²) in [6.07, 6.45) is 0.308. The number of hydrogen-bond donors (Lipinski definition) is 1. The van der Waals surface area contributed by atoms with Crippen molar-refractivity contribution in [2.45, 2.75) is 26.4 Å². The van der Waals surface area contributed by atoms with E-state index in [1.54, 1.807) is 12.1 Å². The predicted molar refractivity (Wildman–Crippen MR) is 71.9 cm³/mol. The van der Waals surface area contributed by atoms with Crippen LogP contribution in [0.25, 0.3) is 0 Å². The van der Waals surface area contributed by atoms with E-state index in [9.17, 15) is 9.18 Å². The average Bonchev–Trinajstić information content (AvgIpc) is 2.44. The molecule has 5 heteroatoms. The Labute approximate surface area is 113 Å². The van der Waals surface area contributed by atoms with Crippen LogP contribution in [0, 0.1) is 5.82 Å². The molecule has 106 valence electrons. The summed E-state index contributed by atoms with van der Waals surface area (Å²) in [5.74, 6) is -0.497. The van der Waals surface area contributed by atoms with E-state index in [-0.39, 0.29) is 11.8 Å². The summed E-state index contributed by atoms with van der Waals surface area (Å²) in [5.41, 5.74) is 7.06. The van der Waals surface area contributed by atoms with Gasteiger partial charge in [-0.25, -0.2) is 4.39 Å². The van der Waals surface area contributed by atoms with Crippen LogP contribution in [0.5, 0.6) is 0 Å². The van der Waals surface area contributed by atoms with Gasteiger partial charge in [-0.1, -0.05) is 19.1 Å². The van der Waals surface area contributed by atoms with Crippen LogP contribution in [0.1, 0.15) is 24.5 Å². The Bertz CT molecular complexity index is 424. The summed E-state index contributed by atoms with van der Waals surface area (Å²) < 4.78 is 18.3. The molecule has 19 heavy (non-hydrogen) atoms. The van der Waals surface area contributed by atoms with Gasteiger partial charge in [-0.15, -0.1) is 0 Å². The summed E-state index contributed by atoms with van der Waals surface area (Å²) in [6.45, 7) is 4.12. The van der Waals surface area contributed by atoms with E-state index < -0.39 is 0 Å². The lowest BCUT2D eigenvalue weighted by atomic mass is 10.1. The van der Waals surface area contributed by atoms with Crippen LogP contribution in [-0.4, -0.2) is 31.1 Å². The van der Waals surface area contributed by atoms with E-state index in [1.807, 2.05) is 11.8 Å². The van der Waals surface area contributed by atoms with Crippen LogP contribution >= 0.6 is 0 Å². The molecule has 0 unspecified atom stereocenters. The highest BCUT2D eigenvalue weighted by atomic mass is 19.1. The Balaban J connectivity index is 2.66. The lowest BCUT2D eigenvalue weighted by Crippen LogP contribution is -2.26. The van der Waals surface area contributed by atoms with Gasteiger partial charge in [0.15, 0.2) is 0 Å². The maximum atomic E-state index is 13.7. The molecule has 0 atom stereocenters. The zero-order valence-electron chi connectivity index (χ0n) is 11.5. The zero-order valence-corrected chi connectivity index (χ0v) is 11.5. The van der Waals surface area contributed by atoms with Crippen molar-refractivity contribution < 1.29 is 13.9 Å². The minimum atomic E-state index is -0.255. The molecule has 0 saturated heterocycles. The first-order chi connectivity index (χ1) is 9.10. The molecule has 0 amide bonds. The van der Waals surface area contributed by atoms with E-state index >= 15 is 0 Å². The van der Waals surface area contributed by atoms with Gasteiger partial charge in [-0.05, 0) is 18.2 Å². The summed E-state index contributed by atoms with van der Waals surface area (Å²) in [4.78, 5) is 13.1. The van der Waals surface area contributed by atoms with Gasteiger partial charge >= 0.3 is 5.97 Å². The summed E-state index contributed by atoms with van der Waals surface area (Å²) in [6, 6.07) is 4.89. The van der Waals surface area contributed by atoms with Gasteiger partial charge in [-0.3, -0.25) is 9.69 Å². The molecular weight excluding hydrogens is 247 g/mol. The molecule has 4 nitrogen and oxygen atoms in total. The first-order valence-corrected chi connectivity index (χ1v) is 6.37. The normalized spacial score (nSPS) is 10.8. The van der Waals surface area contributed by atoms with Gasteiger partial charge in [0, 0.05) is 25.2 Å². The fourth-order valence-corrected chi connectivity index (χ4v) is 1.82. The van der Waals surface area contributed by atoms with Crippen molar-refractivity contribution in [3.63, 3.8) is 0 Å². The number of nitrogens with zero attached hydrogens (tertiary/aromatic N) is 1. The lowest BCUT2D eigenvalue weighted by molar-refractivity contribution is -0.141. The Morgan fingerprint density at radius 2 is 2.21 bits per heavy atom. The molecule has 0 heterocycles. The van der Waals surface area contributed by atoms with E-state index in [1.165, 1.54) is 13.2 Å². The number of carbonyl (C=O) groups is 1. The van der Waals surface area contributed by atoms with Gasteiger partial charge in [0.1, 0.15) is 5.82 Å². The van der Waals surface area contributed by atoms with Crippen molar-refractivity contribution in [3.05, 3.63) is 35.1 Å². The molecule has 0 spiro atoms. The summed E-state index contributed by atoms with van der Waals surface area (Å²) >= 11 is 0. The molecule has 1 aromatic rings. The Hall–Kier alpha value is -1.46.